The summed E-state index contributed by atoms with van der Waals surface area (Å²) < 4.78 is 17.5. The summed E-state index contributed by atoms with van der Waals surface area (Å²) in [5.41, 5.74) is 4.35. The van der Waals surface area contributed by atoms with Crippen molar-refractivity contribution in [1.82, 2.24) is 9.55 Å². The molecule has 8 heteroatoms. The van der Waals surface area contributed by atoms with Crippen LogP contribution in [0.25, 0.3) is 17.2 Å². The van der Waals surface area contributed by atoms with E-state index in [9.17, 15) is 9.67 Å². The summed E-state index contributed by atoms with van der Waals surface area (Å²) in [4.78, 5) is 22.3. The Kier molecular flexibility index (Phi) is 7.02. The van der Waals surface area contributed by atoms with Gasteiger partial charge in [0, 0.05) is 12.4 Å². The first-order valence-electron chi connectivity index (χ1n) is 9.49. The van der Waals surface area contributed by atoms with E-state index in [1.807, 2.05) is 37.3 Å². The van der Waals surface area contributed by atoms with E-state index in [0.29, 0.717) is 5.82 Å². The molecular weight excluding hydrogens is 403 g/mol. The van der Waals surface area contributed by atoms with Gasteiger partial charge in [0.05, 0.1) is 12.6 Å². The summed E-state index contributed by atoms with van der Waals surface area (Å²) in [7, 11) is -4.63. The number of phosphoric ester groups is 1. The van der Waals surface area contributed by atoms with E-state index in [4.69, 9.17) is 14.3 Å². The smallest absolute Gasteiger partial charge is 0.385 e. The highest BCUT2D eigenvalue weighted by atomic mass is 31.2. The van der Waals surface area contributed by atoms with Crippen molar-refractivity contribution >= 4 is 13.9 Å². The predicted octanol–water partition coefficient (Wildman–Crippen LogP) is 4.28. The van der Waals surface area contributed by atoms with Crippen molar-refractivity contribution < 1.29 is 24.0 Å². The van der Waals surface area contributed by atoms with Crippen molar-refractivity contribution in [3.8, 4) is 11.1 Å². The Hall–Kier alpha value is -2.54. The first kappa shape index (κ1) is 22.2. The molecule has 0 radical (unpaired) electrons. The standard InChI is InChI=1S/C22H25N2O5P/c1-16-3-8-19(9-4-16)20-10-5-18(6-11-20)7-12-21(15-29-30(26,27)28)24-14-13-23-22(24)17(2)25/h3-14,17,21,25H,15H2,1-2H3,(H2,26,27,28)/b12-7+/t17-,21-/m0/s1. The number of hydrogen-bond donors (Lipinski definition) is 3. The second-order valence-corrected chi connectivity index (χ2v) is 8.31. The highest BCUT2D eigenvalue weighted by molar-refractivity contribution is 7.46. The molecule has 3 N–H and O–H groups in total. The van der Waals surface area contributed by atoms with Crippen molar-refractivity contribution in [2.24, 2.45) is 0 Å². The van der Waals surface area contributed by atoms with Crippen molar-refractivity contribution in [2.45, 2.75) is 26.0 Å². The lowest BCUT2D eigenvalue weighted by Gasteiger charge is -2.19. The highest BCUT2D eigenvalue weighted by Crippen LogP contribution is 2.37. The van der Waals surface area contributed by atoms with E-state index in [1.54, 1.807) is 23.8 Å². The molecular formula is C22H25N2O5P. The number of aromatic nitrogens is 2. The minimum Gasteiger partial charge on any atom is -0.385 e. The van der Waals surface area contributed by atoms with E-state index >= 15 is 0 Å². The van der Waals surface area contributed by atoms with Gasteiger partial charge in [0.1, 0.15) is 11.9 Å². The highest BCUT2D eigenvalue weighted by Gasteiger charge is 2.20. The van der Waals surface area contributed by atoms with E-state index in [0.717, 1.165) is 16.7 Å². The Morgan fingerprint density at radius 1 is 1.10 bits per heavy atom. The normalized spacial score (nSPS) is 14.2. The Morgan fingerprint density at radius 3 is 2.27 bits per heavy atom. The van der Waals surface area contributed by atoms with Gasteiger partial charge in [0.15, 0.2) is 0 Å². The number of aliphatic hydroxyl groups excluding tert-OH is 1. The van der Waals surface area contributed by atoms with Gasteiger partial charge in [-0.15, -0.1) is 0 Å². The Balaban J connectivity index is 1.81. The number of imidazole rings is 1. The number of benzene rings is 2. The summed E-state index contributed by atoms with van der Waals surface area (Å²) in [5, 5.41) is 9.91. The largest absolute Gasteiger partial charge is 0.469 e. The number of aliphatic hydroxyl groups is 1. The predicted molar refractivity (Wildman–Crippen MR) is 116 cm³/mol. The maximum absolute atomic E-state index is 11.2. The number of hydrogen-bond acceptors (Lipinski definition) is 4. The Morgan fingerprint density at radius 2 is 1.70 bits per heavy atom. The van der Waals surface area contributed by atoms with Crippen LogP contribution >= 0.6 is 7.82 Å². The van der Waals surface area contributed by atoms with Crippen LogP contribution in [0.2, 0.25) is 0 Å². The molecule has 0 spiro atoms. The van der Waals surface area contributed by atoms with Crippen LogP contribution in [0.5, 0.6) is 0 Å². The minimum absolute atomic E-state index is 0.266. The molecule has 0 aliphatic carbocycles. The maximum atomic E-state index is 11.2. The number of rotatable bonds is 8. The molecule has 0 amide bonds. The molecule has 0 unspecified atom stereocenters. The van der Waals surface area contributed by atoms with Gasteiger partial charge in [-0.2, -0.15) is 0 Å². The zero-order chi connectivity index (χ0) is 21.7. The Bertz CT molecular complexity index is 1040. The molecule has 0 bridgehead atoms. The van der Waals surface area contributed by atoms with Crippen molar-refractivity contribution in [1.29, 1.82) is 0 Å². The summed E-state index contributed by atoms with van der Waals surface area (Å²) in [5.74, 6) is 0.383. The van der Waals surface area contributed by atoms with Crippen LogP contribution in [0.4, 0.5) is 0 Å². The van der Waals surface area contributed by atoms with E-state index < -0.39 is 20.0 Å². The molecule has 0 aliphatic rings. The maximum Gasteiger partial charge on any atom is 0.469 e. The van der Waals surface area contributed by atoms with E-state index in [2.05, 4.69) is 29.2 Å². The lowest BCUT2D eigenvalue weighted by Crippen LogP contribution is -2.16. The summed E-state index contributed by atoms with van der Waals surface area (Å²) >= 11 is 0. The van der Waals surface area contributed by atoms with Crippen LogP contribution in [0.3, 0.4) is 0 Å². The molecule has 0 fully saturated rings. The first-order chi connectivity index (χ1) is 14.2. The average Bonchev–Trinajstić information content (AvgIpc) is 3.18. The van der Waals surface area contributed by atoms with Crippen LogP contribution in [0.1, 0.15) is 36.0 Å². The number of phosphoric acid groups is 1. The van der Waals surface area contributed by atoms with E-state index in [-0.39, 0.29) is 6.61 Å². The molecule has 2 aromatic carbocycles. The Labute approximate surface area is 175 Å². The molecule has 2 atom stereocenters. The fraction of sp³-hybridized carbons (Fsp3) is 0.227. The third-order valence-electron chi connectivity index (χ3n) is 4.65. The van der Waals surface area contributed by atoms with Crippen molar-refractivity contribution in [2.75, 3.05) is 6.61 Å². The van der Waals surface area contributed by atoms with Gasteiger partial charge in [0.25, 0.3) is 0 Å². The second kappa shape index (κ2) is 9.51. The summed E-state index contributed by atoms with van der Waals surface area (Å²) in [6.45, 7) is 3.36. The van der Waals surface area contributed by atoms with Gasteiger partial charge in [0.2, 0.25) is 0 Å². The second-order valence-electron chi connectivity index (χ2n) is 7.07. The van der Waals surface area contributed by atoms with Gasteiger partial charge in [-0.25, -0.2) is 9.55 Å². The van der Waals surface area contributed by atoms with Gasteiger partial charge in [-0.3, -0.25) is 4.52 Å². The number of aryl methyl sites for hydroxylation is 1. The molecule has 1 aromatic heterocycles. The molecule has 1 heterocycles. The lowest BCUT2D eigenvalue weighted by atomic mass is 10.0. The molecule has 0 aliphatic heterocycles. The van der Waals surface area contributed by atoms with Crippen LogP contribution in [-0.2, 0) is 9.09 Å². The fourth-order valence-electron chi connectivity index (χ4n) is 3.09. The monoisotopic (exact) mass is 428 g/mol. The van der Waals surface area contributed by atoms with Crippen LogP contribution in [0.15, 0.2) is 67.0 Å². The SMILES string of the molecule is Cc1ccc(-c2ccc(/C=C/[C@@H](COP(=O)(O)O)n3ccnc3[C@H](C)O)cc2)cc1. The quantitative estimate of drug-likeness (QED) is 0.463. The zero-order valence-electron chi connectivity index (χ0n) is 16.8. The van der Waals surface area contributed by atoms with Crippen LogP contribution in [-0.4, -0.2) is 31.1 Å². The third kappa shape index (κ3) is 5.98. The number of nitrogens with zero attached hydrogens (tertiary/aromatic N) is 2. The lowest BCUT2D eigenvalue weighted by molar-refractivity contribution is 0.164. The summed E-state index contributed by atoms with van der Waals surface area (Å²) in [6, 6.07) is 15.7. The fourth-order valence-corrected chi connectivity index (χ4v) is 3.43. The van der Waals surface area contributed by atoms with Crippen LogP contribution < -0.4 is 0 Å². The first-order valence-corrected chi connectivity index (χ1v) is 11.0. The topological polar surface area (TPSA) is 105 Å². The van der Waals surface area contributed by atoms with Crippen molar-refractivity contribution in [3.63, 3.8) is 0 Å². The molecule has 0 saturated heterocycles. The minimum atomic E-state index is -4.63. The molecule has 7 nitrogen and oxygen atoms in total. The zero-order valence-corrected chi connectivity index (χ0v) is 17.7. The van der Waals surface area contributed by atoms with Gasteiger partial charge < -0.3 is 19.5 Å². The molecule has 3 rings (SSSR count). The van der Waals surface area contributed by atoms with Crippen molar-refractivity contribution in [3.05, 3.63) is 84.0 Å². The summed E-state index contributed by atoms with van der Waals surface area (Å²) in [6.07, 6.45) is 5.94. The molecule has 0 saturated carbocycles. The van der Waals surface area contributed by atoms with Crippen LogP contribution in [0, 0.1) is 6.92 Å². The molecule has 3 aromatic rings. The van der Waals surface area contributed by atoms with Gasteiger partial charge >= 0.3 is 7.82 Å². The van der Waals surface area contributed by atoms with Gasteiger partial charge in [-0.1, -0.05) is 66.2 Å². The average molecular weight is 428 g/mol. The van der Waals surface area contributed by atoms with Gasteiger partial charge in [-0.05, 0) is 30.5 Å². The third-order valence-corrected chi connectivity index (χ3v) is 5.13. The molecule has 30 heavy (non-hydrogen) atoms. The van der Waals surface area contributed by atoms with E-state index in [1.165, 1.54) is 11.8 Å². The molecule has 158 valence electrons.